The van der Waals surface area contributed by atoms with Crippen molar-refractivity contribution in [2.24, 2.45) is 0 Å². The quantitative estimate of drug-likeness (QED) is 0.815. The van der Waals surface area contributed by atoms with Crippen LogP contribution in [-0.4, -0.2) is 47.2 Å². The van der Waals surface area contributed by atoms with Crippen molar-refractivity contribution < 1.29 is 4.74 Å². The average Bonchev–Trinajstić information content (AvgIpc) is 3.40. The summed E-state index contributed by atoms with van der Waals surface area (Å²) >= 11 is 0. The van der Waals surface area contributed by atoms with Crippen LogP contribution in [0.15, 0.2) is 60.7 Å². The van der Waals surface area contributed by atoms with Crippen molar-refractivity contribution in [3.8, 4) is 0 Å². The van der Waals surface area contributed by atoms with Gasteiger partial charge in [-0.3, -0.25) is 9.80 Å². The molecule has 1 aliphatic carbocycles. The first kappa shape index (κ1) is 17.4. The third kappa shape index (κ3) is 3.96. The SMILES string of the molecule is c1ccc(CN2CCCC3(C2)CN(Cc2ccccc2)CC2(CC2)O3)cc1. The van der Waals surface area contributed by atoms with Gasteiger partial charge in [0, 0.05) is 32.7 Å². The van der Waals surface area contributed by atoms with Crippen LogP contribution in [0.3, 0.4) is 0 Å². The van der Waals surface area contributed by atoms with E-state index in [9.17, 15) is 0 Å². The van der Waals surface area contributed by atoms with Crippen LogP contribution in [-0.2, 0) is 17.8 Å². The Balaban J connectivity index is 1.31. The molecule has 2 aliphatic heterocycles. The fourth-order valence-electron chi connectivity index (χ4n) is 5.13. The standard InChI is InChI=1S/C24H30N2O/c1-3-8-21(9-4-1)16-25-15-7-12-24(19-25)20-26(18-23(27-24)13-14-23)17-22-10-5-2-6-11-22/h1-6,8-11H,7,12-20H2. The number of morpholine rings is 1. The van der Waals surface area contributed by atoms with Gasteiger partial charge in [0.05, 0.1) is 11.2 Å². The van der Waals surface area contributed by atoms with Crippen LogP contribution in [0.1, 0.15) is 36.8 Å². The van der Waals surface area contributed by atoms with Crippen LogP contribution in [0, 0.1) is 0 Å². The Bertz CT molecular complexity index is 754. The molecule has 2 aromatic rings. The van der Waals surface area contributed by atoms with Crippen molar-refractivity contribution in [2.45, 2.75) is 50.0 Å². The second kappa shape index (κ2) is 7.05. The molecule has 1 atom stereocenters. The highest BCUT2D eigenvalue weighted by Gasteiger charge is 2.56. The van der Waals surface area contributed by atoms with Crippen molar-refractivity contribution in [2.75, 3.05) is 26.2 Å². The maximum atomic E-state index is 6.87. The summed E-state index contributed by atoms with van der Waals surface area (Å²) in [6.45, 7) is 6.50. The Labute approximate surface area is 162 Å². The van der Waals surface area contributed by atoms with E-state index in [0.717, 1.165) is 32.7 Å². The summed E-state index contributed by atoms with van der Waals surface area (Å²) in [5.74, 6) is 0. The molecular weight excluding hydrogens is 332 g/mol. The van der Waals surface area contributed by atoms with E-state index in [1.54, 1.807) is 0 Å². The molecule has 3 aliphatic rings. The molecule has 1 saturated carbocycles. The van der Waals surface area contributed by atoms with Gasteiger partial charge in [-0.25, -0.2) is 0 Å². The van der Waals surface area contributed by atoms with E-state index in [1.807, 2.05) is 0 Å². The van der Waals surface area contributed by atoms with Gasteiger partial charge in [-0.2, -0.15) is 0 Å². The van der Waals surface area contributed by atoms with Crippen LogP contribution in [0.5, 0.6) is 0 Å². The lowest BCUT2D eigenvalue weighted by Gasteiger charge is -2.51. The number of ether oxygens (including phenoxy) is 1. The van der Waals surface area contributed by atoms with Gasteiger partial charge in [0.2, 0.25) is 0 Å². The maximum Gasteiger partial charge on any atom is 0.0943 e. The predicted octanol–water partition coefficient (Wildman–Crippen LogP) is 4.09. The zero-order chi connectivity index (χ0) is 18.2. The molecule has 0 N–H and O–H groups in total. The van der Waals surface area contributed by atoms with E-state index in [2.05, 4.69) is 70.5 Å². The second-order valence-electron chi connectivity index (χ2n) is 8.90. The molecular formula is C24H30N2O. The number of rotatable bonds is 4. The molecule has 2 spiro atoms. The van der Waals surface area contributed by atoms with E-state index in [4.69, 9.17) is 4.74 Å². The first-order valence-electron chi connectivity index (χ1n) is 10.5. The Morgan fingerprint density at radius 3 is 1.85 bits per heavy atom. The molecule has 0 bridgehead atoms. The topological polar surface area (TPSA) is 15.7 Å². The molecule has 5 rings (SSSR count). The third-order valence-corrected chi connectivity index (χ3v) is 6.38. The van der Waals surface area contributed by atoms with Crippen LogP contribution < -0.4 is 0 Å². The monoisotopic (exact) mass is 362 g/mol. The number of hydrogen-bond donors (Lipinski definition) is 0. The highest BCUT2D eigenvalue weighted by atomic mass is 16.5. The fraction of sp³-hybridized carbons (Fsp3) is 0.500. The van der Waals surface area contributed by atoms with E-state index in [-0.39, 0.29) is 11.2 Å². The largest absolute Gasteiger partial charge is 0.365 e. The molecule has 27 heavy (non-hydrogen) atoms. The summed E-state index contributed by atoms with van der Waals surface area (Å²) in [6, 6.07) is 21.8. The van der Waals surface area contributed by atoms with Crippen LogP contribution >= 0.6 is 0 Å². The van der Waals surface area contributed by atoms with Gasteiger partial charge in [-0.1, -0.05) is 60.7 Å². The molecule has 3 nitrogen and oxygen atoms in total. The van der Waals surface area contributed by atoms with Crippen molar-refractivity contribution in [3.63, 3.8) is 0 Å². The summed E-state index contributed by atoms with van der Waals surface area (Å²) < 4.78 is 6.87. The van der Waals surface area contributed by atoms with Crippen molar-refractivity contribution in [1.82, 2.24) is 9.80 Å². The number of benzene rings is 2. The lowest BCUT2D eigenvalue weighted by molar-refractivity contribution is -0.193. The average molecular weight is 363 g/mol. The number of piperidine rings is 1. The van der Waals surface area contributed by atoms with Gasteiger partial charge < -0.3 is 4.74 Å². The fourth-order valence-corrected chi connectivity index (χ4v) is 5.13. The van der Waals surface area contributed by atoms with Crippen molar-refractivity contribution in [1.29, 1.82) is 0 Å². The minimum atomic E-state index is 0.0105. The first-order valence-corrected chi connectivity index (χ1v) is 10.5. The van der Waals surface area contributed by atoms with Gasteiger partial charge in [0.25, 0.3) is 0 Å². The minimum absolute atomic E-state index is 0.0105. The normalized spacial score (nSPS) is 27.9. The zero-order valence-corrected chi connectivity index (χ0v) is 16.1. The van der Waals surface area contributed by atoms with Gasteiger partial charge in [-0.05, 0) is 43.4 Å². The summed E-state index contributed by atoms with van der Waals surface area (Å²) in [4.78, 5) is 5.28. The molecule has 0 amide bonds. The summed E-state index contributed by atoms with van der Waals surface area (Å²) in [5.41, 5.74) is 2.98. The van der Waals surface area contributed by atoms with Crippen molar-refractivity contribution in [3.05, 3.63) is 71.8 Å². The Morgan fingerprint density at radius 2 is 1.22 bits per heavy atom. The molecule has 0 radical (unpaired) electrons. The highest BCUT2D eigenvalue weighted by molar-refractivity contribution is 5.17. The molecule has 2 aromatic carbocycles. The smallest absolute Gasteiger partial charge is 0.0943 e. The molecule has 0 aromatic heterocycles. The summed E-state index contributed by atoms with van der Waals surface area (Å²) in [5, 5.41) is 0. The number of nitrogens with zero attached hydrogens (tertiary/aromatic N) is 2. The molecule has 3 heteroatoms. The van der Waals surface area contributed by atoms with E-state index in [0.29, 0.717) is 0 Å². The van der Waals surface area contributed by atoms with Gasteiger partial charge in [0.15, 0.2) is 0 Å². The summed E-state index contributed by atoms with van der Waals surface area (Å²) in [7, 11) is 0. The van der Waals surface area contributed by atoms with Crippen LogP contribution in [0.2, 0.25) is 0 Å². The van der Waals surface area contributed by atoms with Crippen LogP contribution in [0.4, 0.5) is 0 Å². The molecule has 2 saturated heterocycles. The Hall–Kier alpha value is -1.68. The van der Waals surface area contributed by atoms with E-state index >= 15 is 0 Å². The van der Waals surface area contributed by atoms with Gasteiger partial charge in [-0.15, -0.1) is 0 Å². The van der Waals surface area contributed by atoms with Crippen LogP contribution in [0.25, 0.3) is 0 Å². The predicted molar refractivity (Wildman–Crippen MR) is 108 cm³/mol. The number of hydrogen-bond acceptors (Lipinski definition) is 3. The lowest BCUT2D eigenvalue weighted by atomic mass is 9.89. The Morgan fingerprint density at radius 1 is 0.667 bits per heavy atom. The second-order valence-corrected chi connectivity index (χ2v) is 8.90. The van der Waals surface area contributed by atoms with Gasteiger partial charge >= 0.3 is 0 Å². The zero-order valence-electron chi connectivity index (χ0n) is 16.1. The summed E-state index contributed by atoms with van der Waals surface area (Å²) in [6.07, 6.45) is 4.91. The highest BCUT2D eigenvalue weighted by Crippen LogP contribution is 2.48. The molecule has 142 valence electrons. The van der Waals surface area contributed by atoms with Crippen molar-refractivity contribution >= 4 is 0 Å². The molecule has 3 fully saturated rings. The minimum Gasteiger partial charge on any atom is -0.365 e. The molecule has 2 heterocycles. The third-order valence-electron chi connectivity index (χ3n) is 6.38. The first-order chi connectivity index (χ1) is 13.2. The Kier molecular flexibility index (Phi) is 4.55. The number of likely N-dealkylation sites (tertiary alicyclic amines) is 1. The van der Waals surface area contributed by atoms with Gasteiger partial charge in [0.1, 0.15) is 0 Å². The maximum absolute atomic E-state index is 6.87. The van der Waals surface area contributed by atoms with E-state index in [1.165, 1.54) is 43.4 Å². The van der Waals surface area contributed by atoms with E-state index < -0.39 is 0 Å². The lowest BCUT2D eigenvalue weighted by Crippen LogP contribution is -2.62. The molecule has 1 unspecified atom stereocenters.